The zero-order valence-electron chi connectivity index (χ0n) is 15.1. The summed E-state index contributed by atoms with van der Waals surface area (Å²) < 4.78 is 2.14. The van der Waals surface area contributed by atoms with Crippen molar-refractivity contribution >= 4 is 39.0 Å². The SMILES string of the molecule is Cn1ccc2cc3c(cc21)CCN3CC(=O)Nc1cccc2cnccc12. The van der Waals surface area contributed by atoms with E-state index in [1.54, 1.807) is 6.20 Å². The average molecular weight is 356 g/mol. The highest BCUT2D eigenvalue weighted by atomic mass is 16.2. The Morgan fingerprint density at radius 2 is 2.11 bits per heavy atom. The molecule has 2 aromatic carbocycles. The predicted octanol–water partition coefficient (Wildman–Crippen LogP) is 3.73. The predicted molar refractivity (Wildman–Crippen MR) is 109 cm³/mol. The van der Waals surface area contributed by atoms with E-state index in [-0.39, 0.29) is 5.91 Å². The number of benzene rings is 2. The number of fused-ring (bicyclic) bond motifs is 3. The summed E-state index contributed by atoms with van der Waals surface area (Å²) in [5, 5.41) is 6.31. The summed E-state index contributed by atoms with van der Waals surface area (Å²) in [6.07, 6.45) is 6.61. The second kappa shape index (κ2) is 6.13. The molecule has 0 saturated heterocycles. The van der Waals surface area contributed by atoms with Gasteiger partial charge in [0.05, 0.1) is 6.54 Å². The van der Waals surface area contributed by atoms with Crippen LogP contribution in [0.2, 0.25) is 0 Å². The van der Waals surface area contributed by atoms with Crippen LogP contribution in [0.5, 0.6) is 0 Å². The quantitative estimate of drug-likeness (QED) is 0.609. The summed E-state index contributed by atoms with van der Waals surface area (Å²) in [5.74, 6) is 0.000297. The lowest BCUT2D eigenvalue weighted by atomic mass is 10.1. The van der Waals surface area contributed by atoms with E-state index >= 15 is 0 Å². The van der Waals surface area contributed by atoms with E-state index in [1.165, 1.54) is 22.2 Å². The third-order valence-electron chi connectivity index (χ3n) is 5.37. The third kappa shape index (κ3) is 2.72. The molecule has 0 saturated carbocycles. The van der Waals surface area contributed by atoms with Crippen LogP contribution in [0.3, 0.4) is 0 Å². The lowest BCUT2D eigenvalue weighted by Crippen LogP contribution is -2.31. The van der Waals surface area contributed by atoms with Gasteiger partial charge < -0.3 is 14.8 Å². The Labute approximate surface area is 157 Å². The number of hydrogen-bond acceptors (Lipinski definition) is 3. The second-order valence-corrected chi connectivity index (χ2v) is 7.09. The average Bonchev–Trinajstić information content (AvgIpc) is 3.24. The van der Waals surface area contributed by atoms with Crippen LogP contribution < -0.4 is 10.2 Å². The van der Waals surface area contributed by atoms with Gasteiger partial charge in [-0.1, -0.05) is 12.1 Å². The zero-order valence-corrected chi connectivity index (χ0v) is 15.1. The van der Waals surface area contributed by atoms with Crippen molar-refractivity contribution < 1.29 is 4.79 Å². The molecule has 0 fully saturated rings. The number of hydrogen-bond donors (Lipinski definition) is 1. The standard InChI is InChI=1S/C22H20N4O/c1-25-9-6-15-12-21-16(11-20(15)25)7-10-26(21)14-22(27)24-19-4-2-3-17-13-23-8-5-18(17)19/h2-6,8-9,11-13H,7,10,14H2,1H3,(H,24,27). The number of aryl methyl sites for hydroxylation is 1. The minimum Gasteiger partial charge on any atom is -0.362 e. The largest absolute Gasteiger partial charge is 0.362 e. The van der Waals surface area contributed by atoms with Crippen LogP contribution in [0.4, 0.5) is 11.4 Å². The molecule has 1 N–H and O–H groups in total. The van der Waals surface area contributed by atoms with Gasteiger partial charge in [-0.25, -0.2) is 0 Å². The van der Waals surface area contributed by atoms with Crippen LogP contribution in [0.1, 0.15) is 5.56 Å². The maximum absolute atomic E-state index is 12.7. The first-order chi connectivity index (χ1) is 13.2. The first kappa shape index (κ1) is 15.9. The van der Waals surface area contributed by atoms with E-state index in [0.29, 0.717) is 6.54 Å². The minimum atomic E-state index is 0.000297. The molecule has 1 aliphatic heterocycles. The number of amides is 1. The minimum absolute atomic E-state index is 0.000297. The lowest BCUT2D eigenvalue weighted by molar-refractivity contribution is -0.114. The summed E-state index contributed by atoms with van der Waals surface area (Å²) in [4.78, 5) is 19.0. The van der Waals surface area contributed by atoms with E-state index in [1.807, 2.05) is 30.5 Å². The van der Waals surface area contributed by atoms with Crippen molar-refractivity contribution in [1.82, 2.24) is 9.55 Å². The molecule has 0 aliphatic carbocycles. The van der Waals surface area contributed by atoms with Crippen molar-refractivity contribution in [2.24, 2.45) is 7.05 Å². The number of pyridine rings is 1. The molecule has 0 spiro atoms. The molecule has 0 radical (unpaired) electrons. The molecular weight excluding hydrogens is 336 g/mol. The van der Waals surface area contributed by atoms with Crippen LogP contribution in [-0.4, -0.2) is 28.5 Å². The molecule has 5 nitrogen and oxygen atoms in total. The fourth-order valence-corrected chi connectivity index (χ4v) is 3.98. The summed E-state index contributed by atoms with van der Waals surface area (Å²) in [7, 11) is 2.06. The second-order valence-electron chi connectivity index (χ2n) is 7.09. The Kier molecular flexibility index (Phi) is 3.60. The number of anilines is 2. The number of nitrogens with zero attached hydrogens (tertiary/aromatic N) is 3. The molecule has 0 atom stereocenters. The highest BCUT2D eigenvalue weighted by Gasteiger charge is 2.22. The monoisotopic (exact) mass is 356 g/mol. The van der Waals surface area contributed by atoms with E-state index in [0.717, 1.165) is 29.4 Å². The summed E-state index contributed by atoms with van der Waals surface area (Å²) in [6, 6.07) is 14.4. The zero-order chi connectivity index (χ0) is 18.4. The molecule has 1 amide bonds. The Balaban J connectivity index is 1.39. The van der Waals surface area contributed by atoms with Gasteiger partial charge >= 0.3 is 0 Å². The van der Waals surface area contributed by atoms with Crippen molar-refractivity contribution in [2.45, 2.75) is 6.42 Å². The molecule has 27 heavy (non-hydrogen) atoms. The molecule has 0 unspecified atom stereocenters. The molecule has 0 bridgehead atoms. The van der Waals surface area contributed by atoms with Gasteiger partial charge in [-0.05, 0) is 42.3 Å². The van der Waals surface area contributed by atoms with E-state index in [9.17, 15) is 4.79 Å². The highest BCUT2D eigenvalue weighted by molar-refractivity contribution is 6.03. The fraction of sp³-hybridized carbons (Fsp3) is 0.182. The van der Waals surface area contributed by atoms with Crippen molar-refractivity contribution in [2.75, 3.05) is 23.3 Å². The summed E-state index contributed by atoms with van der Waals surface area (Å²) >= 11 is 0. The van der Waals surface area contributed by atoms with Crippen molar-refractivity contribution in [3.8, 4) is 0 Å². The van der Waals surface area contributed by atoms with Gasteiger partial charge in [-0.3, -0.25) is 9.78 Å². The van der Waals surface area contributed by atoms with Gasteiger partial charge in [0.1, 0.15) is 0 Å². The Morgan fingerprint density at radius 1 is 1.19 bits per heavy atom. The first-order valence-corrected chi connectivity index (χ1v) is 9.14. The van der Waals surface area contributed by atoms with Crippen LogP contribution >= 0.6 is 0 Å². The van der Waals surface area contributed by atoms with Crippen molar-refractivity contribution in [3.05, 3.63) is 66.6 Å². The molecule has 134 valence electrons. The maximum atomic E-state index is 12.7. The third-order valence-corrected chi connectivity index (χ3v) is 5.37. The van der Waals surface area contributed by atoms with Gasteiger partial charge in [0.2, 0.25) is 5.91 Å². The van der Waals surface area contributed by atoms with Crippen LogP contribution in [0.25, 0.3) is 21.7 Å². The molecule has 3 heterocycles. The Morgan fingerprint density at radius 3 is 3.04 bits per heavy atom. The molecule has 5 rings (SSSR count). The van der Waals surface area contributed by atoms with E-state index in [4.69, 9.17) is 0 Å². The number of carbonyl (C=O) groups is 1. The summed E-state index contributed by atoms with van der Waals surface area (Å²) in [5.41, 5.74) is 4.56. The molecule has 4 aromatic rings. The number of aromatic nitrogens is 2. The van der Waals surface area contributed by atoms with Gasteiger partial charge in [0, 0.05) is 65.2 Å². The van der Waals surface area contributed by atoms with Crippen LogP contribution in [0, 0.1) is 0 Å². The fourth-order valence-electron chi connectivity index (χ4n) is 3.98. The molecular formula is C22H20N4O. The normalized spacial score (nSPS) is 13.3. The van der Waals surface area contributed by atoms with Gasteiger partial charge in [0.25, 0.3) is 0 Å². The first-order valence-electron chi connectivity index (χ1n) is 9.14. The molecule has 1 aliphatic rings. The van der Waals surface area contributed by atoms with Gasteiger partial charge in [0.15, 0.2) is 0 Å². The number of rotatable bonds is 3. The van der Waals surface area contributed by atoms with E-state index < -0.39 is 0 Å². The smallest absolute Gasteiger partial charge is 0.243 e. The maximum Gasteiger partial charge on any atom is 0.243 e. The number of carbonyl (C=O) groups excluding carboxylic acids is 1. The van der Waals surface area contributed by atoms with Crippen molar-refractivity contribution in [3.63, 3.8) is 0 Å². The van der Waals surface area contributed by atoms with Gasteiger partial charge in [-0.15, -0.1) is 0 Å². The lowest BCUT2D eigenvalue weighted by Gasteiger charge is -2.19. The van der Waals surface area contributed by atoms with Crippen LogP contribution in [0.15, 0.2) is 61.1 Å². The topological polar surface area (TPSA) is 50.2 Å². The Bertz CT molecular complexity index is 1170. The molecule has 2 aromatic heterocycles. The Hall–Kier alpha value is -3.34. The number of nitrogens with one attached hydrogen (secondary N) is 1. The van der Waals surface area contributed by atoms with Crippen LogP contribution in [-0.2, 0) is 18.3 Å². The van der Waals surface area contributed by atoms with E-state index in [2.05, 4.69) is 51.2 Å². The van der Waals surface area contributed by atoms with Gasteiger partial charge in [-0.2, -0.15) is 0 Å². The molecule has 5 heteroatoms. The summed E-state index contributed by atoms with van der Waals surface area (Å²) in [6.45, 7) is 1.23. The highest BCUT2D eigenvalue weighted by Crippen LogP contribution is 2.32. The van der Waals surface area contributed by atoms with Crippen molar-refractivity contribution in [1.29, 1.82) is 0 Å².